The molecule has 0 aliphatic heterocycles. The van der Waals surface area contributed by atoms with E-state index >= 15 is 0 Å². The standard InChI is InChI=1S/C23H21N3O4S/c27-22(18-11-13-20(14-12-18)26(28)29)25-23(31)24-19-9-4-10-21(16-19)30-15-5-8-17-6-2-1-3-7-17/h1-4,6-7,9-14,16H,5,8,15H2,(H2,24,25,27,31). The van der Waals surface area contributed by atoms with Gasteiger partial charge >= 0.3 is 0 Å². The van der Waals surface area contributed by atoms with Crippen LogP contribution in [0.2, 0.25) is 0 Å². The average Bonchev–Trinajstić information content (AvgIpc) is 2.77. The Labute approximate surface area is 185 Å². The molecular weight excluding hydrogens is 414 g/mol. The smallest absolute Gasteiger partial charge is 0.269 e. The monoisotopic (exact) mass is 435 g/mol. The summed E-state index contributed by atoms with van der Waals surface area (Å²) >= 11 is 5.19. The predicted molar refractivity (Wildman–Crippen MR) is 123 cm³/mol. The number of nitro benzene ring substituents is 1. The molecule has 158 valence electrons. The molecular formula is C23H21N3O4S. The lowest BCUT2D eigenvalue weighted by molar-refractivity contribution is -0.384. The molecule has 0 bridgehead atoms. The number of non-ortho nitro benzene ring substituents is 1. The van der Waals surface area contributed by atoms with E-state index in [0.29, 0.717) is 18.0 Å². The normalized spacial score (nSPS) is 10.2. The Balaban J connectivity index is 1.47. The quantitative estimate of drug-likeness (QED) is 0.230. The number of nitrogens with zero attached hydrogens (tertiary/aromatic N) is 1. The van der Waals surface area contributed by atoms with E-state index in [1.807, 2.05) is 30.3 Å². The molecule has 0 saturated carbocycles. The number of ether oxygens (including phenoxy) is 1. The van der Waals surface area contributed by atoms with Crippen molar-refractivity contribution in [1.29, 1.82) is 0 Å². The predicted octanol–water partition coefficient (Wildman–Crippen LogP) is 4.73. The summed E-state index contributed by atoms with van der Waals surface area (Å²) in [6.07, 6.45) is 1.84. The number of benzene rings is 3. The van der Waals surface area contributed by atoms with Gasteiger partial charge in [-0.3, -0.25) is 20.2 Å². The summed E-state index contributed by atoms with van der Waals surface area (Å²) in [6, 6.07) is 22.8. The highest BCUT2D eigenvalue weighted by Gasteiger charge is 2.11. The third kappa shape index (κ3) is 6.90. The van der Waals surface area contributed by atoms with Crippen molar-refractivity contribution < 1.29 is 14.5 Å². The van der Waals surface area contributed by atoms with Crippen LogP contribution in [0.25, 0.3) is 0 Å². The van der Waals surface area contributed by atoms with Crippen LogP contribution in [0.15, 0.2) is 78.9 Å². The topological polar surface area (TPSA) is 93.5 Å². The van der Waals surface area contributed by atoms with E-state index < -0.39 is 10.8 Å². The zero-order chi connectivity index (χ0) is 22.1. The first kappa shape index (κ1) is 21.9. The molecule has 3 aromatic carbocycles. The molecule has 3 aromatic rings. The Morgan fingerprint density at radius 2 is 1.74 bits per heavy atom. The summed E-state index contributed by atoms with van der Waals surface area (Å²) < 4.78 is 5.81. The van der Waals surface area contributed by atoms with Crippen molar-refractivity contribution >= 4 is 34.6 Å². The van der Waals surface area contributed by atoms with Crippen LogP contribution in [0.3, 0.4) is 0 Å². The number of anilines is 1. The van der Waals surface area contributed by atoms with Crippen LogP contribution in [-0.2, 0) is 6.42 Å². The van der Waals surface area contributed by atoms with Crippen LogP contribution < -0.4 is 15.4 Å². The van der Waals surface area contributed by atoms with Gasteiger partial charge in [-0.25, -0.2) is 0 Å². The first-order valence-corrected chi connectivity index (χ1v) is 10.1. The van der Waals surface area contributed by atoms with Crippen molar-refractivity contribution in [1.82, 2.24) is 5.32 Å². The molecule has 2 N–H and O–H groups in total. The van der Waals surface area contributed by atoms with Crippen molar-refractivity contribution in [3.8, 4) is 5.75 Å². The number of carbonyl (C=O) groups is 1. The fourth-order valence-electron chi connectivity index (χ4n) is 2.85. The SMILES string of the molecule is O=C(NC(=S)Nc1cccc(OCCCc2ccccc2)c1)c1ccc([N+](=O)[O-])cc1. The molecule has 0 saturated heterocycles. The molecule has 8 heteroatoms. The Hall–Kier alpha value is -3.78. The second-order valence-electron chi connectivity index (χ2n) is 6.68. The number of hydrogen-bond acceptors (Lipinski definition) is 5. The molecule has 0 spiro atoms. The highest BCUT2D eigenvalue weighted by Crippen LogP contribution is 2.18. The van der Waals surface area contributed by atoms with E-state index in [2.05, 4.69) is 22.8 Å². The minimum absolute atomic E-state index is 0.0853. The molecule has 0 aliphatic rings. The summed E-state index contributed by atoms with van der Waals surface area (Å²) in [5, 5.41) is 16.3. The molecule has 0 fully saturated rings. The van der Waals surface area contributed by atoms with E-state index in [-0.39, 0.29) is 16.4 Å². The van der Waals surface area contributed by atoms with Gasteiger partial charge in [-0.15, -0.1) is 0 Å². The van der Waals surface area contributed by atoms with Gasteiger partial charge in [0.05, 0.1) is 11.5 Å². The summed E-state index contributed by atoms with van der Waals surface area (Å²) in [7, 11) is 0. The van der Waals surface area contributed by atoms with E-state index in [0.717, 1.165) is 12.8 Å². The van der Waals surface area contributed by atoms with Crippen LogP contribution in [0, 0.1) is 10.1 Å². The van der Waals surface area contributed by atoms with Gasteiger partial charge in [-0.1, -0.05) is 36.4 Å². The lowest BCUT2D eigenvalue weighted by Gasteiger charge is -2.11. The maximum atomic E-state index is 12.3. The first-order valence-electron chi connectivity index (χ1n) is 9.65. The van der Waals surface area contributed by atoms with E-state index in [9.17, 15) is 14.9 Å². The third-order valence-electron chi connectivity index (χ3n) is 4.38. The molecule has 31 heavy (non-hydrogen) atoms. The second kappa shape index (κ2) is 10.8. The van der Waals surface area contributed by atoms with Gasteiger partial charge in [0.2, 0.25) is 0 Å². The zero-order valence-corrected chi connectivity index (χ0v) is 17.4. The lowest BCUT2D eigenvalue weighted by Crippen LogP contribution is -2.34. The molecule has 0 atom stereocenters. The zero-order valence-electron chi connectivity index (χ0n) is 16.6. The summed E-state index contributed by atoms with van der Waals surface area (Å²) in [5.74, 6) is 0.239. The van der Waals surface area contributed by atoms with Gasteiger partial charge in [0.15, 0.2) is 5.11 Å². The van der Waals surface area contributed by atoms with Gasteiger partial charge in [-0.05, 0) is 54.9 Å². The summed E-state index contributed by atoms with van der Waals surface area (Å²) in [5.41, 5.74) is 2.13. The van der Waals surface area contributed by atoms with Gasteiger partial charge in [0.1, 0.15) is 5.75 Å². The average molecular weight is 436 g/mol. The van der Waals surface area contributed by atoms with Crippen LogP contribution >= 0.6 is 12.2 Å². The molecule has 0 radical (unpaired) electrons. The fraction of sp³-hybridized carbons (Fsp3) is 0.130. The number of hydrogen-bond donors (Lipinski definition) is 2. The van der Waals surface area contributed by atoms with Crippen molar-refractivity contribution in [3.63, 3.8) is 0 Å². The highest BCUT2D eigenvalue weighted by molar-refractivity contribution is 7.80. The van der Waals surface area contributed by atoms with Crippen LogP contribution in [0.1, 0.15) is 22.3 Å². The molecule has 3 rings (SSSR count). The molecule has 1 amide bonds. The third-order valence-corrected chi connectivity index (χ3v) is 4.58. The number of aryl methyl sites for hydroxylation is 1. The second-order valence-corrected chi connectivity index (χ2v) is 7.09. The Bertz CT molecular complexity index is 1060. The Kier molecular flexibility index (Phi) is 7.67. The van der Waals surface area contributed by atoms with Crippen molar-refractivity contribution in [2.24, 2.45) is 0 Å². The van der Waals surface area contributed by atoms with E-state index in [1.54, 1.807) is 12.1 Å². The molecule has 0 aliphatic carbocycles. The van der Waals surface area contributed by atoms with Crippen molar-refractivity contribution in [2.45, 2.75) is 12.8 Å². The van der Waals surface area contributed by atoms with E-state index in [1.165, 1.54) is 29.8 Å². The number of nitrogens with one attached hydrogen (secondary N) is 2. The Morgan fingerprint density at radius 3 is 2.45 bits per heavy atom. The minimum Gasteiger partial charge on any atom is -0.494 e. The minimum atomic E-state index is -0.523. The largest absolute Gasteiger partial charge is 0.494 e. The fourth-order valence-corrected chi connectivity index (χ4v) is 3.06. The number of rotatable bonds is 8. The molecule has 7 nitrogen and oxygen atoms in total. The number of carbonyl (C=O) groups excluding carboxylic acids is 1. The van der Waals surface area contributed by atoms with Crippen molar-refractivity contribution in [2.75, 3.05) is 11.9 Å². The van der Waals surface area contributed by atoms with Crippen LogP contribution in [0.4, 0.5) is 11.4 Å². The lowest BCUT2D eigenvalue weighted by atomic mass is 10.1. The first-order chi connectivity index (χ1) is 15.0. The van der Waals surface area contributed by atoms with Gasteiger partial charge in [0, 0.05) is 29.4 Å². The number of nitro groups is 1. The van der Waals surface area contributed by atoms with Crippen molar-refractivity contribution in [3.05, 3.63) is 100 Å². The molecule has 0 aromatic heterocycles. The maximum Gasteiger partial charge on any atom is 0.269 e. The van der Waals surface area contributed by atoms with Crippen LogP contribution in [0.5, 0.6) is 5.75 Å². The van der Waals surface area contributed by atoms with Gasteiger partial charge in [0.25, 0.3) is 11.6 Å². The Morgan fingerprint density at radius 1 is 1.00 bits per heavy atom. The highest BCUT2D eigenvalue weighted by atomic mass is 32.1. The maximum absolute atomic E-state index is 12.3. The van der Waals surface area contributed by atoms with Crippen LogP contribution in [-0.4, -0.2) is 22.5 Å². The van der Waals surface area contributed by atoms with E-state index in [4.69, 9.17) is 17.0 Å². The number of amides is 1. The molecule has 0 heterocycles. The summed E-state index contributed by atoms with van der Waals surface area (Å²) in [6.45, 7) is 0.583. The van der Waals surface area contributed by atoms with Gasteiger partial charge < -0.3 is 10.1 Å². The number of thiocarbonyl (C=S) groups is 1. The van der Waals surface area contributed by atoms with Gasteiger partial charge in [-0.2, -0.15) is 0 Å². The molecule has 0 unspecified atom stereocenters. The summed E-state index contributed by atoms with van der Waals surface area (Å²) in [4.78, 5) is 22.4.